The predicted octanol–water partition coefficient (Wildman–Crippen LogP) is -3.05. The van der Waals surface area contributed by atoms with Crippen molar-refractivity contribution in [3.63, 3.8) is 0 Å². The van der Waals surface area contributed by atoms with Crippen molar-refractivity contribution in [3.05, 3.63) is 10.1 Å². The maximum Gasteiger partial charge on any atom is 0.289 e. The Morgan fingerprint density at radius 2 is 1.11 bits per heavy atom. The summed E-state index contributed by atoms with van der Waals surface area (Å²) < 4.78 is 0. The molecule has 0 bridgehead atoms. The van der Waals surface area contributed by atoms with Crippen LogP contribution in [0.1, 0.15) is 6.92 Å². The summed E-state index contributed by atoms with van der Waals surface area (Å²) >= 11 is 0. The molecule has 0 saturated heterocycles. The maximum atomic E-state index is 10.0. The van der Waals surface area contributed by atoms with Crippen molar-refractivity contribution in [1.29, 1.82) is 0 Å². The number of hydrogen-bond donors (Lipinski definition) is 6. The zero-order valence-corrected chi connectivity index (χ0v) is 10.2. The molecule has 0 aromatic heterocycles. The van der Waals surface area contributed by atoms with Crippen molar-refractivity contribution in [2.45, 2.75) is 12.5 Å². The highest BCUT2D eigenvalue weighted by molar-refractivity contribution is 4.75. The Labute approximate surface area is 104 Å². The third-order valence-electron chi connectivity index (χ3n) is 2.42. The topological polar surface area (TPSA) is 165 Å². The van der Waals surface area contributed by atoms with E-state index in [9.17, 15) is 10.1 Å². The summed E-state index contributed by atoms with van der Waals surface area (Å²) in [6.07, 6.45) is 0. The van der Waals surface area contributed by atoms with Crippen LogP contribution < -0.4 is 0 Å². The van der Waals surface area contributed by atoms with Crippen molar-refractivity contribution in [2.24, 2.45) is 5.41 Å². The molecule has 0 radical (unpaired) electrons. The summed E-state index contributed by atoms with van der Waals surface area (Å²) in [7, 11) is 0. The van der Waals surface area contributed by atoms with Gasteiger partial charge in [-0.1, -0.05) is 6.92 Å². The van der Waals surface area contributed by atoms with E-state index in [0.29, 0.717) is 0 Å². The summed E-state index contributed by atoms with van der Waals surface area (Å²) in [6.45, 7) is -1.54. The predicted molar refractivity (Wildman–Crippen MR) is 60.3 cm³/mol. The third-order valence-corrected chi connectivity index (χ3v) is 2.42. The summed E-state index contributed by atoms with van der Waals surface area (Å²) in [5, 5.41) is 60.6. The zero-order chi connectivity index (χ0) is 14.8. The largest absolute Gasteiger partial charge is 0.396 e. The second-order valence-corrected chi connectivity index (χ2v) is 4.24. The van der Waals surface area contributed by atoms with Crippen LogP contribution in [0.3, 0.4) is 0 Å². The van der Waals surface area contributed by atoms with E-state index in [4.69, 9.17) is 30.6 Å². The molecule has 0 fully saturated rings. The molecule has 6 N–H and O–H groups in total. The van der Waals surface area contributed by atoms with E-state index in [-0.39, 0.29) is 19.8 Å². The highest BCUT2D eigenvalue weighted by Gasteiger charge is 2.41. The molecule has 110 valence electrons. The highest BCUT2D eigenvalue weighted by Crippen LogP contribution is 2.11. The third kappa shape index (κ3) is 5.67. The fourth-order valence-corrected chi connectivity index (χ4v) is 0.473. The molecule has 9 nitrogen and oxygen atoms in total. The van der Waals surface area contributed by atoms with Gasteiger partial charge in [0.2, 0.25) is 0 Å². The van der Waals surface area contributed by atoms with Crippen molar-refractivity contribution in [2.75, 3.05) is 39.6 Å². The molecule has 9 heteroatoms. The van der Waals surface area contributed by atoms with Gasteiger partial charge < -0.3 is 30.6 Å². The molecule has 0 heterocycles. The molecule has 0 aliphatic rings. The maximum absolute atomic E-state index is 10.0. The van der Waals surface area contributed by atoms with Crippen LogP contribution >= 0.6 is 0 Å². The first-order chi connectivity index (χ1) is 8.31. The Hall–Kier alpha value is -0.840. The van der Waals surface area contributed by atoms with Crippen LogP contribution in [0.25, 0.3) is 0 Å². The van der Waals surface area contributed by atoms with Gasteiger partial charge >= 0.3 is 0 Å². The fourth-order valence-electron chi connectivity index (χ4n) is 0.473. The van der Waals surface area contributed by atoms with Gasteiger partial charge in [-0.15, -0.1) is 0 Å². The average molecular weight is 271 g/mol. The van der Waals surface area contributed by atoms with E-state index in [1.807, 2.05) is 0 Å². The summed E-state index contributed by atoms with van der Waals surface area (Å²) in [5.74, 6) is 0. The molecule has 0 rings (SSSR count). The molecule has 0 atom stereocenters. The summed E-state index contributed by atoms with van der Waals surface area (Å²) in [4.78, 5) is 9.14. The van der Waals surface area contributed by atoms with Crippen LogP contribution in [-0.4, -0.2) is 80.7 Å². The van der Waals surface area contributed by atoms with Crippen LogP contribution in [0.4, 0.5) is 0 Å². The first-order valence-electron chi connectivity index (χ1n) is 5.11. The minimum atomic E-state index is -1.99. The number of aliphatic hydroxyl groups excluding tert-OH is 6. The van der Waals surface area contributed by atoms with Crippen LogP contribution in [-0.2, 0) is 0 Å². The van der Waals surface area contributed by atoms with Crippen molar-refractivity contribution in [1.82, 2.24) is 0 Å². The molecular weight excluding hydrogens is 250 g/mol. The number of aliphatic hydroxyl groups is 6. The lowest BCUT2D eigenvalue weighted by atomic mass is 9.95. The molecule has 0 aromatic carbocycles. The van der Waals surface area contributed by atoms with Gasteiger partial charge in [-0.05, 0) is 0 Å². The normalized spacial score (nSPS) is 11.7. The number of rotatable bonds is 7. The average Bonchev–Trinajstić information content (AvgIpc) is 2.41. The molecule has 0 aliphatic heterocycles. The van der Waals surface area contributed by atoms with Crippen LogP contribution in [0.2, 0.25) is 0 Å². The Kier molecular flexibility index (Phi) is 9.90. The molecule has 0 aliphatic carbocycles. The molecule has 0 unspecified atom stereocenters. The molecule has 0 saturated carbocycles. The Bertz CT molecular complexity index is 210. The molecule has 0 amide bonds. The molecular formula is C9H21NO8. The lowest BCUT2D eigenvalue weighted by Gasteiger charge is -2.20. The number of nitrogens with zero attached hydrogens (tertiary/aromatic N) is 1. The summed E-state index contributed by atoms with van der Waals surface area (Å²) in [5.41, 5.74) is -2.69. The van der Waals surface area contributed by atoms with Gasteiger partial charge in [0.1, 0.15) is 19.8 Å². The Morgan fingerprint density at radius 3 is 1.11 bits per heavy atom. The molecule has 18 heavy (non-hydrogen) atoms. The number of hydrogen-bond acceptors (Lipinski definition) is 8. The van der Waals surface area contributed by atoms with E-state index < -0.39 is 35.7 Å². The van der Waals surface area contributed by atoms with Gasteiger partial charge in [-0.25, -0.2) is 0 Å². The number of nitro groups is 1. The van der Waals surface area contributed by atoms with Crippen molar-refractivity contribution >= 4 is 0 Å². The van der Waals surface area contributed by atoms with Crippen LogP contribution in [0.15, 0.2) is 0 Å². The standard InChI is InChI=1S/C5H12O3.C4H9NO5/c1-5(2-6,3-7)4-8;6-1-4(2-7,3-8)5(9)10/h6-8H,2-4H2,1H3;6-8H,1-3H2. The quantitative estimate of drug-likeness (QED) is 0.210. The SMILES string of the molecule is CC(CO)(CO)CO.O=[N+]([O-])C(CO)(CO)CO. The van der Waals surface area contributed by atoms with Gasteiger partial charge in [-0.2, -0.15) is 0 Å². The monoisotopic (exact) mass is 271 g/mol. The van der Waals surface area contributed by atoms with Gasteiger partial charge in [0.05, 0.1) is 19.8 Å². The van der Waals surface area contributed by atoms with Crippen LogP contribution in [0.5, 0.6) is 0 Å². The second-order valence-electron chi connectivity index (χ2n) is 4.24. The van der Waals surface area contributed by atoms with E-state index in [0.717, 1.165) is 0 Å². The van der Waals surface area contributed by atoms with Crippen molar-refractivity contribution < 1.29 is 35.6 Å². The van der Waals surface area contributed by atoms with Crippen molar-refractivity contribution in [3.8, 4) is 0 Å². The minimum absolute atomic E-state index is 0.181. The Balaban J connectivity index is 0. The first kappa shape index (κ1) is 19.5. The molecule has 0 aromatic rings. The smallest absolute Gasteiger partial charge is 0.289 e. The Morgan fingerprint density at radius 1 is 0.833 bits per heavy atom. The van der Waals surface area contributed by atoms with E-state index >= 15 is 0 Å². The van der Waals surface area contributed by atoms with E-state index in [2.05, 4.69) is 0 Å². The van der Waals surface area contributed by atoms with Gasteiger partial charge in [0.15, 0.2) is 0 Å². The van der Waals surface area contributed by atoms with Gasteiger partial charge in [-0.3, -0.25) is 10.1 Å². The van der Waals surface area contributed by atoms with E-state index in [1.54, 1.807) is 6.92 Å². The first-order valence-corrected chi connectivity index (χ1v) is 5.11. The minimum Gasteiger partial charge on any atom is -0.396 e. The van der Waals surface area contributed by atoms with Crippen LogP contribution in [0, 0.1) is 15.5 Å². The lowest BCUT2D eigenvalue weighted by molar-refractivity contribution is -0.580. The highest BCUT2D eigenvalue weighted by atomic mass is 16.6. The summed E-state index contributed by atoms with van der Waals surface area (Å²) in [6, 6.07) is 0. The van der Waals surface area contributed by atoms with E-state index in [1.165, 1.54) is 0 Å². The molecule has 0 spiro atoms. The van der Waals surface area contributed by atoms with Gasteiger partial charge in [0.25, 0.3) is 5.54 Å². The zero-order valence-electron chi connectivity index (χ0n) is 10.2. The second kappa shape index (κ2) is 9.14. The lowest BCUT2D eigenvalue weighted by Crippen LogP contribution is -2.49. The van der Waals surface area contributed by atoms with Gasteiger partial charge in [0, 0.05) is 10.3 Å². The fraction of sp³-hybridized carbons (Fsp3) is 1.00.